The molecule has 0 aromatic heterocycles. The Balaban J connectivity index is 1.43. The molecule has 1 saturated heterocycles. The monoisotopic (exact) mass is 420 g/mol. The zero-order chi connectivity index (χ0) is 21.0. The van der Waals surface area contributed by atoms with Gasteiger partial charge in [0, 0.05) is 11.6 Å². The van der Waals surface area contributed by atoms with E-state index < -0.39 is 24.5 Å². The topological polar surface area (TPSA) is 92.8 Å². The summed E-state index contributed by atoms with van der Waals surface area (Å²) in [4.78, 5) is 50.3. The molecule has 0 bridgehead atoms. The highest BCUT2D eigenvalue weighted by molar-refractivity contribution is 6.30. The van der Waals surface area contributed by atoms with Crippen LogP contribution >= 0.6 is 11.6 Å². The zero-order valence-electron chi connectivity index (χ0n) is 16.4. The van der Waals surface area contributed by atoms with Gasteiger partial charge in [-0.3, -0.25) is 19.3 Å². The van der Waals surface area contributed by atoms with Gasteiger partial charge in [-0.2, -0.15) is 0 Å². The Morgan fingerprint density at radius 3 is 2.31 bits per heavy atom. The number of fused-ring (bicyclic) bond motifs is 1. The number of esters is 1. The molecule has 0 radical (unpaired) electrons. The Bertz CT molecular complexity index is 771. The SMILES string of the molecule is C[C@@H](C(=O)OCC(=O)NCCc1ccc(Cl)cc1)N1C(=O)[C@@H]2CCCC[C@H]2C1=O. The number of carbonyl (C=O) groups excluding carboxylic acids is 4. The van der Waals surface area contributed by atoms with Crippen LogP contribution in [0, 0.1) is 11.8 Å². The standard InChI is InChI=1S/C21H25ClN2O5/c1-13(24-19(26)16-4-2-3-5-17(16)20(24)27)21(28)29-12-18(25)23-11-10-14-6-8-15(22)9-7-14/h6-9,13,16-17H,2-5,10-12H2,1H3,(H,23,25)/t13-,16+,17+/m0/s1. The third kappa shape index (κ3) is 4.96. The van der Waals surface area contributed by atoms with Crippen LogP contribution in [0.2, 0.25) is 5.02 Å². The zero-order valence-corrected chi connectivity index (χ0v) is 17.1. The number of hydrogen-bond donors (Lipinski definition) is 1. The summed E-state index contributed by atoms with van der Waals surface area (Å²) in [5.41, 5.74) is 1.02. The van der Waals surface area contributed by atoms with Crippen LogP contribution in [0.4, 0.5) is 0 Å². The molecule has 1 saturated carbocycles. The predicted molar refractivity (Wildman–Crippen MR) is 106 cm³/mol. The van der Waals surface area contributed by atoms with E-state index in [1.165, 1.54) is 6.92 Å². The number of halogens is 1. The first kappa shape index (κ1) is 21.3. The molecule has 3 atom stereocenters. The molecule has 1 aliphatic carbocycles. The van der Waals surface area contributed by atoms with Crippen molar-refractivity contribution >= 4 is 35.3 Å². The predicted octanol–water partition coefficient (Wildman–Crippen LogP) is 2.11. The number of likely N-dealkylation sites (tertiary alicyclic amines) is 1. The van der Waals surface area contributed by atoms with Gasteiger partial charge in [0.05, 0.1) is 11.8 Å². The van der Waals surface area contributed by atoms with E-state index in [0.717, 1.165) is 23.3 Å². The average molecular weight is 421 g/mol. The lowest BCUT2D eigenvalue weighted by Crippen LogP contribution is -2.45. The Hall–Kier alpha value is -2.41. The molecule has 3 rings (SSSR count). The van der Waals surface area contributed by atoms with Gasteiger partial charge in [-0.25, -0.2) is 4.79 Å². The lowest BCUT2D eigenvalue weighted by Gasteiger charge is -2.21. The molecule has 2 aliphatic rings. The Morgan fingerprint density at radius 2 is 1.72 bits per heavy atom. The van der Waals surface area contributed by atoms with Crippen molar-refractivity contribution < 1.29 is 23.9 Å². The van der Waals surface area contributed by atoms with Crippen molar-refractivity contribution in [1.82, 2.24) is 10.2 Å². The Kier molecular flexibility index (Phi) is 6.90. The lowest BCUT2D eigenvalue weighted by atomic mass is 9.81. The maximum absolute atomic E-state index is 12.5. The van der Waals surface area contributed by atoms with Crippen LogP contribution in [0.15, 0.2) is 24.3 Å². The molecule has 0 spiro atoms. The fourth-order valence-electron chi connectivity index (χ4n) is 3.98. The molecule has 29 heavy (non-hydrogen) atoms. The molecular weight excluding hydrogens is 396 g/mol. The van der Waals surface area contributed by atoms with Gasteiger partial charge in [0.15, 0.2) is 6.61 Å². The molecule has 156 valence electrons. The lowest BCUT2D eigenvalue weighted by molar-refractivity contribution is -0.159. The van der Waals surface area contributed by atoms with Crippen molar-refractivity contribution in [2.24, 2.45) is 11.8 Å². The van der Waals surface area contributed by atoms with Crippen molar-refractivity contribution in [1.29, 1.82) is 0 Å². The molecule has 0 unspecified atom stereocenters. The van der Waals surface area contributed by atoms with E-state index in [1.807, 2.05) is 12.1 Å². The van der Waals surface area contributed by atoms with E-state index in [1.54, 1.807) is 12.1 Å². The van der Waals surface area contributed by atoms with E-state index in [2.05, 4.69) is 5.32 Å². The van der Waals surface area contributed by atoms with Gasteiger partial charge in [-0.15, -0.1) is 0 Å². The van der Waals surface area contributed by atoms with E-state index in [9.17, 15) is 19.2 Å². The van der Waals surface area contributed by atoms with Crippen LogP contribution in [0.1, 0.15) is 38.2 Å². The Morgan fingerprint density at radius 1 is 1.14 bits per heavy atom. The summed E-state index contributed by atoms with van der Waals surface area (Å²) in [5, 5.41) is 3.32. The molecule has 1 aromatic carbocycles. The quantitative estimate of drug-likeness (QED) is 0.538. The number of nitrogens with one attached hydrogen (secondary N) is 1. The van der Waals surface area contributed by atoms with Gasteiger partial charge in [-0.1, -0.05) is 36.6 Å². The third-order valence-electron chi connectivity index (χ3n) is 5.60. The van der Waals surface area contributed by atoms with Gasteiger partial charge in [-0.05, 0) is 43.9 Å². The van der Waals surface area contributed by atoms with Gasteiger partial charge < -0.3 is 10.1 Å². The second-order valence-electron chi connectivity index (χ2n) is 7.55. The summed E-state index contributed by atoms with van der Waals surface area (Å²) in [6.07, 6.45) is 3.83. The van der Waals surface area contributed by atoms with Crippen molar-refractivity contribution in [2.45, 2.75) is 45.1 Å². The van der Waals surface area contributed by atoms with Gasteiger partial charge in [0.1, 0.15) is 6.04 Å². The number of benzene rings is 1. The van der Waals surface area contributed by atoms with Crippen LogP contribution < -0.4 is 5.32 Å². The molecule has 8 heteroatoms. The second-order valence-corrected chi connectivity index (χ2v) is 7.99. The molecule has 1 aromatic rings. The van der Waals surface area contributed by atoms with E-state index in [0.29, 0.717) is 30.8 Å². The molecular formula is C21H25ClN2O5. The van der Waals surface area contributed by atoms with Crippen LogP contribution in [-0.4, -0.2) is 47.8 Å². The first-order valence-electron chi connectivity index (χ1n) is 9.93. The highest BCUT2D eigenvalue weighted by Gasteiger charge is 2.51. The van der Waals surface area contributed by atoms with E-state index in [4.69, 9.17) is 16.3 Å². The first-order chi connectivity index (χ1) is 13.9. The summed E-state index contributed by atoms with van der Waals surface area (Å²) in [6, 6.07) is 6.27. The highest BCUT2D eigenvalue weighted by Crippen LogP contribution is 2.38. The maximum atomic E-state index is 12.5. The smallest absolute Gasteiger partial charge is 0.329 e. The van der Waals surface area contributed by atoms with Crippen LogP contribution in [-0.2, 0) is 30.3 Å². The van der Waals surface area contributed by atoms with Crippen molar-refractivity contribution in [3.05, 3.63) is 34.9 Å². The average Bonchev–Trinajstić information content (AvgIpc) is 2.98. The molecule has 1 heterocycles. The number of carbonyl (C=O) groups is 4. The van der Waals surface area contributed by atoms with E-state index in [-0.39, 0.29) is 23.7 Å². The normalized spacial score (nSPS) is 22.2. The number of ether oxygens (including phenoxy) is 1. The maximum Gasteiger partial charge on any atom is 0.329 e. The van der Waals surface area contributed by atoms with Gasteiger partial charge in [0.25, 0.3) is 5.91 Å². The van der Waals surface area contributed by atoms with Crippen molar-refractivity contribution in [3.63, 3.8) is 0 Å². The minimum absolute atomic E-state index is 0.295. The van der Waals surface area contributed by atoms with E-state index >= 15 is 0 Å². The fourth-order valence-corrected chi connectivity index (χ4v) is 4.11. The number of rotatable bonds is 7. The molecule has 7 nitrogen and oxygen atoms in total. The molecule has 3 amide bonds. The minimum atomic E-state index is -1.03. The first-order valence-corrected chi connectivity index (χ1v) is 10.3. The number of amides is 3. The van der Waals surface area contributed by atoms with Crippen LogP contribution in [0.5, 0.6) is 0 Å². The summed E-state index contributed by atoms with van der Waals surface area (Å²) < 4.78 is 5.03. The minimum Gasteiger partial charge on any atom is -0.454 e. The second kappa shape index (κ2) is 9.39. The number of nitrogens with zero attached hydrogens (tertiary/aromatic N) is 1. The van der Waals surface area contributed by atoms with Gasteiger partial charge >= 0.3 is 5.97 Å². The summed E-state index contributed by atoms with van der Waals surface area (Å²) >= 11 is 5.83. The van der Waals surface area contributed by atoms with Gasteiger partial charge in [0.2, 0.25) is 11.8 Å². The fraction of sp³-hybridized carbons (Fsp3) is 0.524. The molecule has 1 aliphatic heterocycles. The number of hydrogen-bond acceptors (Lipinski definition) is 5. The molecule has 2 fully saturated rings. The van der Waals surface area contributed by atoms with Crippen molar-refractivity contribution in [2.75, 3.05) is 13.2 Å². The van der Waals surface area contributed by atoms with Crippen LogP contribution in [0.25, 0.3) is 0 Å². The largest absolute Gasteiger partial charge is 0.454 e. The number of imide groups is 1. The summed E-state index contributed by atoms with van der Waals surface area (Å²) in [6.45, 7) is 1.40. The van der Waals surface area contributed by atoms with Crippen molar-refractivity contribution in [3.8, 4) is 0 Å². The third-order valence-corrected chi connectivity index (χ3v) is 5.85. The summed E-state index contributed by atoms with van der Waals surface area (Å²) in [5.74, 6) is -2.41. The Labute approximate surface area is 174 Å². The highest BCUT2D eigenvalue weighted by atomic mass is 35.5. The van der Waals surface area contributed by atoms with Crippen LogP contribution in [0.3, 0.4) is 0 Å². The molecule has 1 N–H and O–H groups in total. The summed E-state index contributed by atoms with van der Waals surface area (Å²) in [7, 11) is 0.